The van der Waals surface area contributed by atoms with Gasteiger partial charge in [0.15, 0.2) is 5.96 Å². The molecule has 1 aliphatic rings. The van der Waals surface area contributed by atoms with Crippen molar-refractivity contribution >= 4 is 29.9 Å². The molecule has 1 atom stereocenters. The number of guanidine groups is 1. The van der Waals surface area contributed by atoms with Crippen molar-refractivity contribution in [3.63, 3.8) is 0 Å². The average molecular weight is 529 g/mol. The van der Waals surface area contributed by atoms with Gasteiger partial charge in [0.05, 0.1) is 25.4 Å². The Hall–Kier alpha value is -1.76. The molecule has 1 unspecified atom stereocenters. The van der Waals surface area contributed by atoms with Crippen LogP contribution in [0.2, 0.25) is 0 Å². The fourth-order valence-corrected chi connectivity index (χ4v) is 3.14. The largest absolute Gasteiger partial charge is 0.387 e. The summed E-state index contributed by atoms with van der Waals surface area (Å²) in [6, 6.07) is 3.95. The van der Waals surface area contributed by atoms with Crippen LogP contribution in [0, 0.1) is 0 Å². The highest BCUT2D eigenvalue weighted by Gasteiger charge is 2.25. The fourth-order valence-electron chi connectivity index (χ4n) is 3.14. The molecule has 0 aromatic carbocycles. The maximum Gasteiger partial charge on any atom is 0.191 e. The first-order chi connectivity index (χ1) is 14.1. The molecule has 166 valence electrons. The fraction of sp³-hybridized carbons (Fsp3) is 0.550. The van der Waals surface area contributed by atoms with E-state index in [1.54, 1.807) is 12.5 Å². The number of aromatic nitrogens is 3. The number of nitrogens with zero attached hydrogens (tertiary/aromatic N) is 5. The van der Waals surface area contributed by atoms with E-state index in [2.05, 4.69) is 30.5 Å². The Morgan fingerprint density at radius 3 is 2.73 bits per heavy atom. The van der Waals surface area contributed by atoms with Gasteiger partial charge in [-0.2, -0.15) is 0 Å². The summed E-state index contributed by atoms with van der Waals surface area (Å²) in [5, 5.41) is 17.2. The minimum Gasteiger partial charge on any atom is -0.387 e. The van der Waals surface area contributed by atoms with E-state index >= 15 is 0 Å². The van der Waals surface area contributed by atoms with Gasteiger partial charge in [-0.05, 0) is 25.5 Å². The molecular formula is C20H32IN7O2. The van der Waals surface area contributed by atoms with Crippen molar-refractivity contribution in [2.75, 3.05) is 45.9 Å². The van der Waals surface area contributed by atoms with E-state index in [-0.39, 0.29) is 24.0 Å². The zero-order chi connectivity index (χ0) is 20.5. The number of halogens is 1. The van der Waals surface area contributed by atoms with Crippen LogP contribution in [0.3, 0.4) is 0 Å². The van der Waals surface area contributed by atoms with E-state index in [1.165, 1.54) is 0 Å². The van der Waals surface area contributed by atoms with E-state index in [1.807, 2.05) is 42.9 Å². The first-order valence-electron chi connectivity index (χ1n) is 10.0. The number of hydrogen-bond acceptors (Lipinski definition) is 6. The normalized spacial score (nSPS) is 17.1. The van der Waals surface area contributed by atoms with E-state index in [4.69, 9.17) is 4.74 Å². The van der Waals surface area contributed by atoms with Crippen LogP contribution in [0.25, 0.3) is 5.82 Å². The molecule has 0 aliphatic carbocycles. The first-order valence-corrected chi connectivity index (χ1v) is 10.0. The maximum atomic E-state index is 10.7. The topological polar surface area (TPSA) is 99.8 Å². The third-order valence-corrected chi connectivity index (χ3v) is 4.65. The van der Waals surface area contributed by atoms with Crippen LogP contribution in [0.5, 0.6) is 0 Å². The number of imidazole rings is 1. The van der Waals surface area contributed by atoms with Gasteiger partial charge in [0.25, 0.3) is 0 Å². The van der Waals surface area contributed by atoms with Crippen molar-refractivity contribution in [3.8, 4) is 5.82 Å². The minimum atomic E-state index is -0.860. The van der Waals surface area contributed by atoms with Crippen LogP contribution >= 0.6 is 24.0 Å². The van der Waals surface area contributed by atoms with Crippen molar-refractivity contribution in [1.82, 2.24) is 30.1 Å². The lowest BCUT2D eigenvalue weighted by Crippen LogP contribution is -2.52. The van der Waals surface area contributed by atoms with Gasteiger partial charge in [0.2, 0.25) is 0 Å². The second-order valence-corrected chi connectivity index (χ2v) is 7.43. The SMILES string of the molecule is CCNC(=NCc1ccc(-n2ccnc2)nc1)NCC(C)(O)CN1CCOCC1.I. The number of rotatable bonds is 8. The second-order valence-electron chi connectivity index (χ2n) is 7.43. The summed E-state index contributed by atoms with van der Waals surface area (Å²) in [6.45, 7) is 9.27. The molecule has 2 aromatic rings. The van der Waals surface area contributed by atoms with E-state index in [0.29, 0.717) is 25.6 Å². The van der Waals surface area contributed by atoms with E-state index in [0.717, 1.165) is 44.2 Å². The highest BCUT2D eigenvalue weighted by molar-refractivity contribution is 14.0. The van der Waals surface area contributed by atoms with Gasteiger partial charge in [0.1, 0.15) is 12.1 Å². The lowest BCUT2D eigenvalue weighted by atomic mass is 10.1. The minimum absolute atomic E-state index is 0. The van der Waals surface area contributed by atoms with Gasteiger partial charge in [0, 0.05) is 51.3 Å². The Bertz CT molecular complexity index is 760. The van der Waals surface area contributed by atoms with Gasteiger partial charge in [-0.1, -0.05) is 6.07 Å². The van der Waals surface area contributed by atoms with Gasteiger partial charge in [-0.25, -0.2) is 15.0 Å². The standard InChI is InChI=1S/C20H31N7O2.HI/c1-3-22-19(25-14-20(2,28)15-26-8-10-29-11-9-26)24-13-17-4-5-18(23-12-17)27-7-6-21-16-27;/h4-7,12,16,28H,3,8-11,13-15H2,1-2H3,(H2,22,24,25);1H. The molecule has 1 fully saturated rings. The molecule has 0 radical (unpaired) electrons. The summed E-state index contributed by atoms with van der Waals surface area (Å²) in [4.78, 5) is 15.3. The van der Waals surface area contributed by atoms with Crippen molar-refractivity contribution in [2.24, 2.45) is 4.99 Å². The summed E-state index contributed by atoms with van der Waals surface area (Å²) in [7, 11) is 0. The number of hydrogen-bond donors (Lipinski definition) is 3. The number of nitrogens with one attached hydrogen (secondary N) is 2. The third-order valence-electron chi connectivity index (χ3n) is 4.65. The van der Waals surface area contributed by atoms with Crippen LogP contribution in [0.15, 0.2) is 42.0 Å². The highest BCUT2D eigenvalue weighted by atomic mass is 127. The second kappa shape index (κ2) is 12.2. The molecule has 30 heavy (non-hydrogen) atoms. The molecule has 0 bridgehead atoms. The first kappa shape index (κ1) is 24.5. The summed E-state index contributed by atoms with van der Waals surface area (Å²) in [5.41, 5.74) is 0.146. The van der Waals surface area contributed by atoms with Crippen LogP contribution in [-0.4, -0.2) is 82.0 Å². The zero-order valence-corrected chi connectivity index (χ0v) is 20.0. The van der Waals surface area contributed by atoms with Gasteiger partial charge >= 0.3 is 0 Å². The molecule has 3 N–H and O–H groups in total. The molecule has 0 amide bonds. The summed E-state index contributed by atoms with van der Waals surface area (Å²) in [6.07, 6.45) is 7.12. The monoisotopic (exact) mass is 529 g/mol. The molecule has 1 aliphatic heterocycles. The average Bonchev–Trinajstić information content (AvgIpc) is 3.26. The number of ether oxygens (including phenoxy) is 1. The highest BCUT2D eigenvalue weighted by Crippen LogP contribution is 2.08. The molecule has 0 spiro atoms. The molecule has 9 nitrogen and oxygen atoms in total. The lowest BCUT2D eigenvalue weighted by molar-refractivity contribution is -0.0201. The van der Waals surface area contributed by atoms with Crippen molar-refractivity contribution < 1.29 is 9.84 Å². The van der Waals surface area contributed by atoms with E-state index in [9.17, 15) is 5.11 Å². The van der Waals surface area contributed by atoms with Crippen molar-refractivity contribution in [1.29, 1.82) is 0 Å². The summed E-state index contributed by atoms with van der Waals surface area (Å²) < 4.78 is 7.23. The Morgan fingerprint density at radius 2 is 2.10 bits per heavy atom. The van der Waals surface area contributed by atoms with Gasteiger partial charge in [-0.3, -0.25) is 9.47 Å². The molecule has 3 heterocycles. The maximum absolute atomic E-state index is 10.7. The Balaban J connectivity index is 0.00000320. The number of aliphatic hydroxyl groups is 1. The quantitative estimate of drug-likeness (QED) is 0.267. The van der Waals surface area contributed by atoms with Crippen LogP contribution < -0.4 is 10.6 Å². The summed E-state index contributed by atoms with van der Waals surface area (Å²) in [5.74, 6) is 1.49. The summed E-state index contributed by atoms with van der Waals surface area (Å²) >= 11 is 0. The number of aliphatic imine (C=N–C) groups is 1. The van der Waals surface area contributed by atoms with Crippen LogP contribution in [0.1, 0.15) is 19.4 Å². The smallest absolute Gasteiger partial charge is 0.191 e. The molecule has 1 saturated heterocycles. The molecule has 0 saturated carbocycles. The molecule has 3 rings (SSSR count). The Labute approximate surface area is 195 Å². The van der Waals surface area contributed by atoms with Crippen LogP contribution in [0.4, 0.5) is 0 Å². The van der Waals surface area contributed by atoms with Gasteiger partial charge in [-0.15, -0.1) is 24.0 Å². The predicted octanol–water partition coefficient (Wildman–Crippen LogP) is 1.02. The molecular weight excluding hydrogens is 497 g/mol. The lowest BCUT2D eigenvalue weighted by Gasteiger charge is -2.34. The zero-order valence-electron chi connectivity index (χ0n) is 17.6. The number of β-amino-alcohol motifs (C(OH)–C–C–N with tert-alkyl or cyclic N) is 1. The number of morpholine rings is 1. The van der Waals surface area contributed by atoms with Crippen molar-refractivity contribution in [3.05, 3.63) is 42.6 Å². The van der Waals surface area contributed by atoms with Crippen LogP contribution in [-0.2, 0) is 11.3 Å². The Morgan fingerprint density at radius 1 is 1.30 bits per heavy atom. The van der Waals surface area contributed by atoms with Gasteiger partial charge < -0.3 is 20.5 Å². The van der Waals surface area contributed by atoms with Crippen molar-refractivity contribution in [2.45, 2.75) is 26.0 Å². The third kappa shape index (κ3) is 7.82. The molecule has 10 heteroatoms. The molecule has 2 aromatic heterocycles. The number of pyridine rings is 1. The predicted molar refractivity (Wildman–Crippen MR) is 127 cm³/mol. The van der Waals surface area contributed by atoms with E-state index < -0.39 is 5.60 Å². The Kier molecular flexibility index (Phi) is 9.95.